The molecule has 1 amide bonds. The first kappa shape index (κ1) is 17.5. The van der Waals surface area contributed by atoms with Crippen LogP contribution in [-0.4, -0.2) is 58.3 Å². The summed E-state index contributed by atoms with van der Waals surface area (Å²) in [5.74, 6) is 0.948. The molecule has 1 unspecified atom stereocenters. The molecule has 134 valence electrons. The molecule has 1 aromatic rings. The Balaban J connectivity index is 1.56. The summed E-state index contributed by atoms with van der Waals surface area (Å²) in [4.78, 5) is 14.6. The Labute approximate surface area is 147 Å². The van der Waals surface area contributed by atoms with Gasteiger partial charge in [0.1, 0.15) is 0 Å². The first-order valence-electron chi connectivity index (χ1n) is 8.84. The first-order valence-corrected chi connectivity index (χ1v) is 9.72. The Morgan fingerprint density at radius 2 is 1.96 bits per heavy atom. The van der Waals surface area contributed by atoms with Crippen LogP contribution >= 0.6 is 11.8 Å². The van der Waals surface area contributed by atoms with Crippen molar-refractivity contribution in [2.45, 2.75) is 55.5 Å². The second kappa shape index (κ2) is 8.20. The highest BCUT2D eigenvalue weighted by molar-refractivity contribution is 8.00. The summed E-state index contributed by atoms with van der Waals surface area (Å²) < 4.78 is 7.35. The van der Waals surface area contributed by atoms with E-state index in [4.69, 9.17) is 4.74 Å². The molecule has 24 heavy (non-hydrogen) atoms. The van der Waals surface area contributed by atoms with Gasteiger partial charge in [0, 0.05) is 26.2 Å². The fourth-order valence-electron chi connectivity index (χ4n) is 3.23. The zero-order chi connectivity index (χ0) is 16.9. The predicted octanol–water partition coefficient (Wildman–Crippen LogP) is 1.58. The zero-order valence-corrected chi connectivity index (χ0v) is 15.3. The lowest BCUT2D eigenvalue weighted by Crippen LogP contribution is -2.40. The van der Waals surface area contributed by atoms with Gasteiger partial charge in [-0.1, -0.05) is 31.0 Å². The van der Waals surface area contributed by atoms with Gasteiger partial charge >= 0.3 is 0 Å². The van der Waals surface area contributed by atoms with Crippen LogP contribution < -0.4 is 10.2 Å². The number of anilines is 1. The smallest absolute Gasteiger partial charge is 0.233 e. The van der Waals surface area contributed by atoms with E-state index in [0.29, 0.717) is 6.04 Å². The van der Waals surface area contributed by atoms with Crippen molar-refractivity contribution in [3.8, 4) is 0 Å². The van der Waals surface area contributed by atoms with E-state index in [1.54, 1.807) is 0 Å². The number of hydrogen-bond acceptors (Lipinski definition) is 6. The third-order valence-corrected chi connectivity index (χ3v) is 5.84. The average molecular weight is 353 g/mol. The van der Waals surface area contributed by atoms with Crippen molar-refractivity contribution in [3.63, 3.8) is 0 Å². The third kappa shape index (κ3) is 4.22. The van der Waals surface area contributed by atoms with Crippen molar-refractivity contribution in [2.75, 3.05) is 31.2 Å². The van der Waals surface area contributed by atoms with Gasteiger partial charge in [0.25, 0.3) is 0 Å². The van der Waals surface area contributed by atoms with Gasteiger partial charge < -0.3 is 15.0 Å². The van der Waals surface area contributed by atoms with Crippen LogP contribution in [0, 0.1) is 0 Å². The maximum Gasteiger partial charge on any atom is 0.233 e. The summed E-state index contributed by atoms with van der Waals surface area (Å²) in [5, 5.41) is 12.4. The molecule has 8 heteroatoms. The van der Waals surface area contributed by atoms with Gasteiger partial charge in [-0.05, 0) is 19.8 Å². The molecule has 2 fully saturated rings. The van der Waals surface area contributed by atoms with E-state index >= 15 is 0 Å². The molecule has 1 saturated heterocycles. The molecule has 1 N–H and O–H groups in total. The van der Waals surface area contributed by atoms with E-state index < -0.39 is 0 Å². The molecule has 1 aliphatic carbocycles. The summed E-state index contributed by atoms with van der Waals surface area (Å²) in [7, 11) is 1.96. The molecule has 7 nitrogen and oxygen atoms in total. The number of carbonyl (C=O) groups is 1. The average Bonchev–Trinajstić information content (AvgIpc) is 2.97. The van der Waals surface area contributed by atoms with Gasteiger partial charge in [-0.15, -0.1) is 10.2 Å². The van der Waals surface area contributed by atoms with Crippen LogP contribution in [-0.2, 0) is 16.6 Å². The molecule has 0 radical (unpaired) electrons. The van der Waals surface area contributed by atoms with Crippen molar-refractivity contribution in [3.05, 3.63) is 0 Å². The van der Waals surface area contributed by atoms with Crippen LogP contribution in [0.2, 0.25) is 0 Å². The highest BCUT2D eigenvalue weighted by Gasteiger charge is 2.24. The van der Waals surface area contributed by atoms with Crippen molar-refractivity contribution < 1.29 is 9.53 Å². The standard InChI is InChI=1S/C16H27N5O2S/c1-12(14(22)17-13-6-4-3-5-7-13)24-16-19-18-15(20(16)2)21-8-10-23-11-9-21/h12-13H,3-11H2,1-2H3,(H,17,22). The number of nitrogens with zero attached hydrogens (tertiary/aromatic N) is 4. The van der Waals surface area contributed by atoms with Crippen LogP contribution in [0.3, 0.4) is 0 Å². The fraction of sp³-hybridized carbons (Fsp3) is 0.812. The Kier molecular flexibility index (Phi) is 5.99. The SMILES string of the molecule is CC(Sc1nnc(N2CCOCC2)n1C)C(=O)NC1CCCCC1. The van der Waals surface area contributed by atoms with Crippen molar-refractivity contribution in [1.82, 2.24) is 20.1 Å². The maximum atomic E-state index is 12.4. The maximum absolute atomic E-state index is 12.4. The van der Waals surface area contributed by atoms with Crippen molar-refractivity contribution in [1.29, 1.82) is 0 Å². The van der Waals surface area contributed by atoms with Crippen LogP contribution in [0.15, 0.2) is 5.16 Å². The minimum atomic E-state index is -0.174. The molecule has 3 rings (SSSR count). The molecular formula is C16H27N5O2S. The van der Waals surface area contributed by atoms with Gasteiger partial charge in [0.15, 0.2) is 5.16 Å². The molecule has 1 aliphatic heterocycles. The predicted molar refractivity (Wildman–Crippen MR) is 94.4 cm³/mol. The second-order valence-electron chi connectivity index (χ2n) is 6.54. The summed E-state index contributed by atoms with van der Waals surface area (Å²) in [6.07, 6.45) is 5.94. The summed E-state index contributed by atoms with van der Waals surface area (Å²) in [5.41, 5.74) is 0. The van der Waals surface area contributed by atoms with Gasteiger partial charge in [-0.3, -0.25) is 9.36 Å². The van der Waals surface area contributed by atoms with Gasteiger partial charge in [0.2, 0.25) is 11.9 Å². The molecule has 2 aliphatic rings. The number of morpholine rings is 1. The number of carbonyl (C=O) groups excluding carboxylic acids is 1. The highest BCUT2D eigenvalue weighted by Crippen LogP contribution is 2.25. The molecular weight excluding hydrogens is 326 g/mol. The van der Waals surface area contributed by atoms with E-state index in [2.05, 4.69) is 20.4 Å². The number of hydrogen-bond donors (Lipinski definition) is 1. The Morgan fingerprint density at radius 1 is 1.25 bits per heavy atom. The molecule has 1 atom stereocenters. The second-order valence-corrected chi connectivity index (χ2v) is 7.85. The molecule has 2 heterocycles. The molecule has 1 aromatic heterocycles. The lowest BCUT2D eigenvalue weighted by atomic mass is 9.95. The Morgan fingerprint density at radius 3 is 2.67 bits per heavy atom. The van der Waals surface area contributed by atoms with E-state index in [0.717, 1.165) is 50.2 Å². The van der Waals surface area contributed by atoms with Crippen LogP contribution in [0.4, 0.5) is 5.95 Å². The largest absolute Gasteiger partial charge is 0.378 e. The summed E-state index contributed by atoms with van der Waals surface area (Å²) >= 11 is 1.47. The van der Waals surface area contributed by atoms with Gasteiger partial charge in [-0.2, -0.15) is 0 Å². The van der Waals surface area contributed by atoms with E-state index in [1.165, 1.54) is 31.0 Å². The number of amides is 1. The number of nitrogens with one attached hydrogen (secondary N) is 1. The minimum absolute atomic E-state index is 0.0998. The van der Waals surface area contributed by atoms with Crippen molar-refractivity contribution in [2.24, 2.45) is 7.05 Å². The van der Waals surface area contributed by atoms with Gasteiger partial charge in [0.05, 0.1) is 18.5 Å². The number of ether oxygens (including phenoxy) is 1. The fourth-order valence-corrected chi connectivity index (χ4v) is 4.04. The molecule has 0 bridgehead atoms. The van der Waals surface area contributed by atoms with E-state index in [9.17, 15) is 4.79 Å². The lowest BCUT2D eigenvalue weighted by molar-refractivity contribution is -0.121. The highest BCUT2D eigenvalue weighted by atomic mass is 32.2. The van der Waals surface area contributed by atoms with E-state index in [1.807, 2.05) is 18.5 Å². The molecule has 0 aromatic carbocycles. The first-order chi connectivity index (χ1) is 11.6. The Bertz CT molecular complexity index is 553. The van der Waals surface area contributed by atoms with Crippen LogP contribution in [0.1, 0.15) is 39.0 Å². The third-order valence-electron chi connectivity index (χ3n) is 4.71. The summed E-state index contributed by atoms with van der Waals surface area (Å²) in [6.45, 7) is 5.03. The number of aromatic nitrogens is 3. The molecule has 1 saturated carbocycles. The van der Waals surface area contributed by atoms with Crippen LogP contribution in [0.5, 0.6) is 0 Å². The number of rotatable bonds is 5. The lowest BCUT2D eigenvalue weighted by Gasteiger charge is -2.27. The number of thioether (sulfide) groups is 1. The normalized spacial score (nSPS) is 20.8. The van der Waals surface area contributed by atoms with Gasteiger partial charge in [-0.25, -0.2) is 0 Å². The molecule has 0 spiro atoms. The van der Waals surface area contributed by atoms with Crippen molar-refractivity contribution >= 4 is 23.6 Å². The topological polar surface area (TPSA) is 72.3 Å². The van der Waals surface area contributed by atoms with E-state index in [-0.39, 0.29) is 11.2 Å². The summed E-state index contributed by atoms with van der Waals surface area (Å²) in [6, 6.07) is 0.345. The quantitative estimate of drug-likeness (QED) is 0.811. The minimum Gasteiger partial charge on any atom is -0.378 e. The monoisotopic (exact) mass is 353 g/mol. The zero-order valence-electron chi connectivity index (χ0n) is 14.5. The van der Waals surface area contributed by atoms with Crippen LogP contribution in [0.25, 0.3) is 0 Å². The Hall–Kier alpha value is -1.28.